The van der Waals surface area contributed by atoms with Gasteiger partial charge >= 0.3 is 0 Å². The molecule has 1 aliphatic heterocycles. The van der Waals surface area contributed by atoms with E-state index in [0.717, 1.165) is 22.2 Å². The van der Waals surface area contributed by atoms with E-state index in [9.17, 15) is 9.90 Å². The SMILES string of the molecule is O=C(c1cc(-c2ccc(Br)cc2)n[nH]1)N1CC[C@@]2(O)C[C@H]2C1. The fourth-order valence-electron chi connectivity index (χ4n) is 3.15. The number of rotatable bonds is 2. The number of aromatic nitrogens is 2. The molecule has 0 spiro atoms. The van der Waals surface area contributed by atoms with E-state index >= 15 is 0 Å². The van der Waals surface area contributed by atoms with Gasteiger partial charge in [-0.3, -0.25) is 9.89 Å². The van der Waals surface area contributed by atoms with E-state index in [4.69, 9.17) is 0 Å². The molecule has 1 aromatic carbocycles. The molecular weight excluding hydrogens is 346 g/mol. The van der Waals surface area contributed by atoms with Gasteiger partial charge in [-0.2, -0.15) is 5.10 Å². The largest absolute Gasteiger partial charge is 0.389 e. The van der Waals surface area contributed by atoms with Crippen molar-refractivity contribution >= 4 is 21.8 Å². The van der Waals surface area contributed by atoms with Crippen LogP contribution in [0.4, 0.5) is 0 Å². The van der Waals surface area contributed by atoms with Gasteiger partial charge in [-0.1, -0.05) is 28.1 Å². The molecule has 2 heterocycles. The number of nitrogens with zero attached hydrogens (tertiary/aromatic N) is 2. The molecule has 0 radical (unpaired) electrons. The van der Waals surface area contributed by atoms with Crippen LogP contribution in [0.3, 0.4) is 0 Å². The lowest BCUT2D eigenvalue weighted by atomic mass is 10.1. The first kappa shape index (κ1) is 14.0. The van der Waals surface area contributed by atoms with E-state index in [-0.39, 0.29) is 11.8 Å². The van der Waals surface area contributed by atoms with Crippen molar-refractivity contribution in [3.63, 3.8) is 0 Å². The van der Waals surface area contributed by atoms with Crippen LogP contribution in [-0.4, -0.2) is 44.8 Å². The van der Waals surface area contributed by atoms with Crippen LogP contribution >= 0.6 is 15.9 Å². The zero-order valence-electron chi connectivity index (χ0n) is 11.9. The Morgan fingerprint density at radius 1 is 1.41 bits per heavy atom. The second kappa shape index (κ2) is 4.93. The van der Waals surface area contributed by atoms with E-state index < -0.39 is 5.60 Å². The van der Waals surface area contributed by atoms with E-state index in [1.165, 1.54) is 0 Å². The highest BCUT2D eigenvalue weighted by Crippen LogP contribution is 2.49. The summed E-state index contributed by atoms with van der Waals surface area (Å²) in [6, 6.07) is 9.60. The number of piperidine rings is 1. The van der Waals surface area contributed by atoms with E-state index in [0.29, 0.717) is 25.2 Å². The number of fused-ring (bicyclic) bond motifs is 1. The molecule has 114 valence electrons. The predicted octanol–water partition coefficient (Wildman–Crippen LogP) is 2.44. The van der Waals surface area contributed by atoms with Crippen molar-refractivity contribution in [1.82, 2.24) is 15.1 Å². The monoisotopic (exact) mass is 361 g/mol. The molecule has 2 aliphatic rings. The fourth-order valence-corrected chi connectivity index (χ4v) is 3.41. The van der Waals surface area contributed by atoms with Crippen LogP contribution in [0.25, 0.3) is 11.3 Å². The summed E-state index contributed by atoms with van der Waals surface area (Å²) in [4.78, 5) is 14.3. The third kappa shape index (κ3) is 2.36. The quantitative estimate of drug-likeness (QED) is 0.862. The highest BCUT2D eigenvalue weighted by Gasteiger charge is 2.56. The Bertz CT molecular complexity index is 727. The summed E-state index contributed by atoms with van der Waals surface area (Å²) in [5.74, 6) is 0.212. The summed E-state index contributed by atoms with van der Waals surface area (Å²) < 4.78 is 1.01. The first-order valence-corrected chi connectivity index (χ1v) is 8.17. The number of carbonyl (C=O) groups excluding carboxylic acids is 1. The standard InChI is InChI=1S/C16H16BrN3O2/c17-12-3-1-10(2-4-12)13-7-14(19-18-13)15(21)20-6-5-16(22)8-11(16)9-20/h1-4,7,11,22H,5-6,8-9H2,(H,18,19)/t11-,16+/m0/s1. The number of hydrogen-bond acceptors (Lipinski definition) is 3. The summed E-state index contributed by atoms with van der Waals surface area (Å²) in [6.07, 6.45) is 1.50. The molecule has 4 rings (SSSR count). The first-order valence-electron chi connectivity index (χ1n) is 7.38. The highest BCUT2D eigenvalue weighted by molar-refractivity contribution is 9.10. The summed E-state index contributed by atoms with van der Waals surface area (Å²) >= 11 is 3.40. The van der Waals surface area contributed by atoms with E-state index in [2.05, 4.69) is 26.1 Å². The lowest BCUT2D eigenvalue weighted by molar-refractivity contribution is 0.0478. The molecule has 1 saturated heterocycles. The van der Waals surface area contributed by atoms with Crippen molar-refractivity contribution in [2.75, 3.05) is 13.1 Å². The van der Waals surface area contributed by atoms with Gasteiger partial charge < -0.3 is 10.0 Å². The van der Waals surface area contributed by atoms with Gasteiger partial charge in [-0.05, 0) is 31.0 Å². The number of halogens is 1. The number of likely N-dealkylation sites (tertiary alicyclic amines) is 1. The Hall–Kier alpha value is -1.66. The summed E-state index contributed by atoms with van der Waals surface area (Å²) in [5.41, 5.74) is 1.74. The number of hydrogen-bond donors (Lipinski definition) is 2. The zero-order valence-corrected chi connectivity index (χ0v) is 13.5. The molecule has 6 heteroatoms. The third-order valence-corrected chi connectivity index (χ3v) is 5.22. The van der Waals surface area contributed by atoms with Crippen molar-refractivity contribution < 1.29 is 9.90 Å². The maximum atomic E-state index is 12.5. The zero-order chi connectivity index (χ0) is 15.3. The molecule has 1 aliphatic carbocycles. The van der Waals surface area contributed by atoms with Gasteiger partial charge in [-0.25, -0.2) is 0 Å². The molecule has 2 fully saturated rings. The Balaban J connectivity index is 1.51. The molecule has 0 bridgehead atoms. The number of aromatic amines is 1. The van der Waals surface area contributed by atoms with Gasteiger partial charge in [-0.15, -0.1) is 0 Å². The van der Waals surface area contributed by atoms with Gasteiger partial charge in [0.05, 0.1) is 11.3 Å². The van der Waals surface area contributed by atoms with Crippen molar-refractivity contribution in [2.24, 2.45) is 5.92 Å². The van der Waals surface area contributed by atoms with Crippen molar-refractivity contribution in [3.8, 4) is 11.3 Å². The molecule has 2 atom stereocenters. The fraction of sp³-hybridized carbons (Fsp3) is 0.375. The third-order valence-electron chi connectivity index (χ3n) is 4.69. The van der Waals surface area contributed by atoms with Crippen molar-refractivity contribution in [3.05, 3.63) is 40.5 Å². The first-order chi connectivity index (χ1) is 10.5. The van der Waals surface area contributed by atoms with E-state index in [1.807, 2.05) is 29.2 Å². The van der Waals surface area contributed by atoms with Crippen LogP contribution in [0.15, 0.2) is 34.8 Å². The summed E-state index contributed by atoms with van der Waals surface area (Å²) in [7, 11) is 0. The topological polar surface area (TPSA) is 69.2 Å². The molecule has 1 amide bonds. The van der Waals surface area contributed by atoms with Crippen LogP contribution in [0.2, 0.25) is 0 Å². The minimum absolute atomic E-state index is 0.0372. The van der Waals surface area contributed by atoms with Gasteiger partial charge in [0.1, 0.15) is 5.69 Å². The van der Waals surface area contributed by atoms with Crippen LogP contribution in [0.1, 0.15) is 23.3 Å². The normalized spacial score (nSPS) is 26.6. The number of H-pyrrole nitrogens is 1. The highest BCUT2D eigenvalue weighted by atomic mass is 79.9. The number of nitrogens with one attached hydrogen (secondary N) is 1. The molecule has 1 saturated carbocycles. The van der Waals surface area contributed by atoms with Gasteiger partial charge in [0.15, 0.2) is 0 Å². The lowest BCUT2D eigenvalue weighted by Crippen LogP contribution is -2.41. The van der Waals surface area contributed by atoms with Gasteiger partial charge in [0.2, 0.25) is 0 Å². The summed E-state index contributed by atoms with van der Waals surface area (Å²) in [5, 5.41) is 17.1. The maximum absolute atomic E-state index is 12.5. The van der Waals surface area contributed by atoms with Crippen LogP contribution in [-0.2, 0) is 0 Å². The molecular formula is C16H16BrN3O2. The Kier molecular flexibility index (Phi) is 3.13. The smallest absolute Gasteiger partial charge is 0.271 e. The van der Waals surface area contributed by atoms with Crippen LogP contribution in [0, 0.1) is 5.92 Å². The minimum Gasteiger partial charge on any atom is -0.389 e. The average Bonchev–Trinajstić information content (AvgIpc) is 2.95. The average molecular weight is 362 g/mol. The van der Waals surface area contributed by atoms with Crippen molar-refractivity contribution in [2.45, 2.75) is 18.4 Å². The molecule has 22 heavy (non-hydrogen) atoms. The Morgan fingerprint density at radius 3 is 2.91 bits per heavy atom. The molecule has 5 nitrogen and oxygen atoms in total. The number of amides is 1. The number of carbonyl (C=O) groups is 1. The molecule has 2 aromatic rings. The number of benzene rings is 1. The van der Waals surface area contributed by atoms with E-state index in [1.54, 1.807) is 6.07 Å². The Labute approximate surface area is 136 Å². The molecule has 1 aromatic heterocycles. The van der Waals surface area contributed by atoms with Crippen molar-refractivity contribution in [1.29, 1.82) is 0 Å². The second-order valence-corrected chi connectivity index (χ2v) is 7.10. The van der Waals surface area contributed by atoms with Gasteiger partial charge in [0, 0.05) is 29.0 Å². The molecule has 2 N–H and O–H groups in total. The second-order valence-electron chi connectivity index (χ2n) is 6.18. The summed E-state index contributed by atoms with van der Waals surface area (Å²) in [6.45, 7) is 1.25. The predicted molar refractivity (Wildman–Crippen MR) is 85.3 cm³/mol. The van der Waals surface area contributed by atoms with Crippen LogP contribution in [0.5, 0.6) is 0 Å². The number of aliphatic hydroxyl groups is 1. The maximum Gasteiger partial charge on any atom is 0.271 e. The Morgan fingerprint density at radius 2 is 2.18 bits per heavy atom. The van der Waals surface area contributed by atoms with Crippen LogP contribution < -0.4 is 0 Å². The minimum atomic E-state index is -0.493. The lowest BCUT2D eigenvalue weighted by Gasteiger charge is -2.28. The molecule has 0 unspecified atom stereocenters. The van der Waals surface area contributed by atoms with Gasteiger partial charge in [0.25, 0.3) is 5.91 Å².